The quantitative estimate of drug-likeness (QED) is 0.688. The number of carbonyl (C=O) groups is 2. The minimum atomic E-state index is -4.61. The van der Waals surface area contributed by atoms with Crippen LogP contribution in [-0.2, 0) is 20.6 Å². The first-order chi connectivity index (χ1) is 14.7. The molecule has 2 aromatic rings. The Bertz CT molecular complexity index is 1100. The predicted octanol–water partition coefficient (Wildman–Crippen LogP) is 3.55. The van der Waals surface area contributed by atoms with Gasteiger partial charge in [0.15, 0.2) is 0 Å². The summed E-state index contributed by atoms with van der Waals surface area (Å²) in [6, 6.07) is 9.05. The molecule has 2 aromatic carbocycles. The molecule has 0 aromatic heterocycles. The Morgan fingerprint density at radius 1 is 1.06 bits per heavy atom. The molecule has 1 atom stereocenters. The number of alkyl halides is 3. The number of anilines is 1. The van der Waals surface area contributed by atoms with E-state index in [1.165, 1.54) is 20.3 Å². The SMILES string of the molecule is COc1ccc(OC)c(C2=NOC3(CC(=O)N(c4cccc(C(F)(F)F)c4)C3=O)C2)c1. The summed E-state index contributed by atoms with van der Waals surface area (Å²) in [5.41, 5.74) is -1.86. The van der Waals surface area contributed by atoms with E-state index in [0.29, 0.717) is 22.8 Å². The molecule has 0 N–H and O–H groups in total. The molecule has 0 bridgehead atoms. The number of nitrogens with zero attached hydrogens (tertiary/aromatic N) is 2. The first kappa shape index (κ1) is 20.7. The van der Waals surface area contributed by atoms with Crippen LogP contribution >= 0.6 is 0 Å². The third kappa shape index (κ3) is 3.47. The summed E-state index contributed by atoms with van der Waals surface area (Å²) in [7, 11) is 2.96. The molecule has 31 heavy (non-hydrogen) atoms. The molecular weight excluding hydrogens is 417 g/mol. The molecule has 0 saturated carbocycles. The number of oxime groups is 1. The van der Waals surface area contributed by atoms with Crippen molar-refractivity contribution >= 4 is 23.2 Å². The van der Waals surface area contributed by atoms with Crippen molar-refractivity contribution in [1.82, 2.24) is 0 Å². The van der Waals surface area contributed by atoms with Crippen molar-refractivity contribution in [2.75, 3.05) is 19.1 Å². The van der Waals surface area contributed by atoms with Gasteiger partial charge >= 0.3 is 6.18 Å². The van der Waals surface area contributed by atoms with Crippen molar-refractivity contribution in [3.8, 4) is 11.5 Å². The second-order valence-corrected chi connectivity index (χ2v) is 7.13. The Labute approximate surface area is 175 Å². The maximum absolute atomic E-state index is 13.1. The first-order valence-corrected chi connectivity index (χ1v) is 9.20. The topological polar surface area (TPSA) is 77.4 Å². The minimum absolute atomic E-state index is 0.0451. The number of hydrogen-bond donors (Lipinski definition) is 0. The zero-order valence-corrected chi connectivity index (χ0v) is 16.5. The van der Waals surface area contributed by atoms with Crippen LogP contribution in [-0.4, -0.2) is 37.3 Å². The first-order valence-electron chi connectivity index (χ1n) is 9.20. The van der Waals surface area contributed by atoms with Gasteiger partial charge in [-0.05, 0) is 36.4 Å². The summed E-state index contributed by atoms with van der Waals surface area (Å²) in [4.78, 5) is 31.9. The van der Waals surface area contributed by atoms with Gasteiger partial charge in [0, 0.05) is 12.0 Å². The highest BCUT2D eigenvalue weighted by Crippen LogP contribution is 2.41. The van der Waals surface area contributed by atoms with Crippen LogP contribution in [0.15, 0.2) is 47.6 Å². The van der Waals surface area contributed by atoms with Crippen LogP contribution in [0.1, 0.15) is 24.0 Å². The molecule has 10 heteroatoms. The fraction of sp³-hybridized carbons (Fsp3) is 0.286. The monoisotopic (exact) mass is 434 g/mol. The molecule has 7 nitrogen and oxygen atoms in total. The second kappa shape index (κ2) is 7.29. The van der Waals surface area contributed by atoms with Crippen molar-refractivity contribution in [3.63, 3.8) is 0 Å². The molecule has 2 aliphatic rings. The van der Waals surface area contributed by atoms with Crippen LogP contribution in [0.2, 0.25) is 0 Å². The van der Waals surface area contributed by atoms with E-state index in [0.717, 1.165) is 23.1 Å². The highest BCUT2D eigenvalue weighted by atomic mass is 19.4. The third-order valence-corrected chi connectivity index (χ3v) is 5.21. The molecule has 162 valence electrons. The lowest BCUT2D eigenvalue weighted by molar-refractivity contribution is -0.138. The molecule has 1 fully saturated rings. The minimum Gasteiger partial charge on any atom is -0.497 e. The number of ether oxygens (including phenoxy) is 2. The number of rotatable bonds is 4. The van der Waals surface area contributed by atoms with Crippen LogP contribution in [0.5, 0.6) is 11.5 Å². The molecule has 1 saturated heterocycles. The van der Waals surface area contributed by atoms with E-state index in [4.69, 9.17) is 14.3 Å². The Hall–Kier alpha value is -3.56. The number of amides is 2. The van der Waals surface area contributed by atoms with Gasteiger partial charge in [-0.15, -0.1) is 0 Å². The van der Waals surface area contributed by atoms with Gasteiger partial charge in [-0.1, -0.05) is 11.2 Å². The number of imide groups is 1. The number of hydrogen-bond acceptors (Lipinski definition) is 6. The summed E-state index contributed by atoms with van der Waals surface area (Å²) in [5.74, 6) is -0.443. The van der Waals surface area contributed by atoms with Crippen LogP contribution in [0.4, 0.5) is 18.9 Å². The largest absolute Gasteiger partial charge is 0.497 e. The molecule has 2 aliphatic heterocycles. The Morgan fingerprint density at radius 3 is 2.52 bits per heavy atom. The van der Waals surface area contributed by atoms with Gasteiger partial charge in [-0.2, -0.15) is 13.2 Å². The lowest BCUT2D eigenvalue weighted by atomic mass is 9.92. The summed E-state index contributed by atoms with van der Waals surface area (Å²) in [5, 5.41) is 4.00. The maximum atomic E-state index is 13.1. The summed E-state index contributed by atoms with van der Waals surface area (Å²) in [6.45, 7) is 0. The second-order valence-electron chi connectivity index (χ2n) is 7.13. The van der Waals surface area contributed by atoms with Gasteiger partial charge in [-0.25, -0.2) is 4.90 Å². The van der Waals surface area contributed by atoms with Gasteiger partial charge in [0.1, 0.15) is 11.5 Å². The van der Waals surface area contributed by atoms with Crippen LogP contribution < -0.4 is 14.4 Å². The van der Waals surface area contributed by atoms with E-state index in [-0.39, 0.29) is 18.5 Å². The number of benzene rings is 2. The van der Waals surface area contributed by atoms with Crippen molar-refractivity contribution in [1.29, 1.82) is 0 Å². The van der Waals surface area contributed by atoms with Crippen LogP contribution in [0.25, 0.3) is 0 Å². The van der Waals surface area contributed by atoms with Crippen molar-refractivity contribution in [2.45, 2.75) is 24.6 Å². The smallest absolute Gasteiger partial charge is 0.416 e. The molecule has 0 aliphatic carbocycles. The number of methoxy groups -OCH3 is 2. The zero-order chi connectivity index (χ0) is 22.4. The molecule has 2 heterocycles. The fourth-order valence-electron chi connectivity index (χ4n) is 3.67. The van der Waals surface area contributed by atoms with E-state index in [1.54, 1.807) is 18.2 Å². The third-order valence-electron chi connectivity index (χ3n) is 5.21. The average Bonchev–Trinajstić information content (AvgIpc) is 3.27. The van der Waals surface area contributed by atoms with Gasteiger partial charge in [0.2, 0.25) is 11.5 Å². The van der Waals surface area contributed by atoms with Crippen molar-refractivity contribution in [2.24, 2.45) is 5.16 Å². The standard InChI is InChI=1S/C21H17F3N2O5/c1-29-14-6-7-17(30-2)15(9-14)16-10-20(31-25-16)11-18(27)26(19(20)28)13-5-3-4-12(8-13)21(22,23)24/h3-9H,10-11H2,1-2H3. The van der Waals surface area contributed by atoms with Gasteiger partial charge < -0.3 is 14.3 Å². The normalized spacial score (nSPS) is 20.8. The molecule has 2 amide bonds. The van der Waals surface area contributed by atoms with Gasteiger partial charge in [-0.3, -0.25) is 9.59 Å². The molecule has 1 spiro atoms. The van der Waals surface area contributed by atoms with E-state index in [2.05, 4.69) is 5.16 Å². The fourth-order valence-corrected chi connectivity index (χ4v) is 3.67. The van der Waals surface area contributed by atoms with Gasteiger partial charge in [0.25, 0.3) is 5.91 Å². The maximum Gasteiger partial charge on any atom is 0.416 e. The van der Waals surface area contributed by atoms with Gasteiger partial charge in [0.05, 0.1) is 37.6 Å². The Morgan fingerprint density at radius 2 is 1.84 bits per heavy atom. The van der Waals surface area contributed by atoms with Crippen molar-refractivity contribution in [3.05, 3.63) is 53.6 Å². The van der Waals surface area contributed by atoms with E-state index >= 15 is 0 Å². The average molecular weight is 434 g/mol. The van der Waals surface area contributed by atoms with Crippen LogP contribution in [0.3, 0.4) is 0 Å². The van der Waals surface area contributed by atoms with Crippen LogP contribution in [0, 0.1) is 0 Å². The van der Waals surface area contributed by atoms with E-state index < -0.39 is 29.2 Å². The number of carbonyl (C=O) groups excluding carboxylic acids is 2. The summed E-state index contributed by atoms with van der Waals surface area (Å²) in [6.07, 6.45) is -5.00. The lowest BCUT2D eigenvalue weighted by Crippen LogP contribution is -2.41. The summed E-state index contributed by atoms with van der Waals surface area (Å²) < 4.78 is 49.7. The Balaban J connectivity index is 1.64. The lowest BCUT2D eigenvalue weighted by Gasteiger charge is -2.20. The Kier molecular flexibility index (Phi) is 4.87. The number of halogens is 3. The summed E-state index contributed by atoms with van der Waals surface area (Å²) >= 11 is 0. The van der Waals surface area contributed by atoms with E-state index in [9.17, 15) is 22.8 Å². The molecule has 4 rings (SSSR count). The molecular formula is C21H17F3N2O5. The van der Waals surface area contributed by atoms with Crippen molar-refractivity contribution < 1.29 is 37.1 Å². The van der Waals surface area contributed by atoms with E-state index in [1.807, 2.05) is 0 Å². The zero-order valence-electron chi connectivity index (χ0n) is 16.5. The highest BCUT2D eigenvalue weighted by molar-refractivity contribution is 6.26. The molecule has 0 radical (unpaired) electrons. The predicted molar refractivity (Wildman–Crippen MR) is 103 cm³/mol. The molecule has 1 unspecified atom stereocenters. The highest BCUT2D eigenvalue weighted by Gasteiger charge is 2.58.